The van der Waals surface area contributed by atoms with E-state index in [0.717, 1.165) is 6.42 Å². The molecule has 1 aliphatic rings. The fourth-order valence-corrected chi connectivity index (χ4v) is 1.57. The van der Waals surface area contributed by atoms with Gasteiger partial charge >= 0.3 is 0 Å². The number of hydrogen-bond donors (Lipinski definition) is 0. The van der Waals surface area contributed by atoms with Crippen molar-refractivity contribution in [3.05, 3.63) is 0 Å². The van der Waals surface area contributed by atoms with Crippen LogP contribution in [-0.2, 0) is 9.53 Å². The van der Waals surface area contributed by atoms with Crippen LogP contribution < -0.4 is 5.11 Å². The van der Waals surface area contributed by atoms with Crippen LogP contribution in [0.2, 0.25) is 0 Å². The minimum Gasteiger partial charge on any atom is -0.550 e. The number of carbonyl (C=O) groups is 1. The molecule has 0 bridgehead atoms. The second kappa shape index (κ2) is 3.05. The van der Waals surface area contributed by atoms with Crippen molar-refractivity contribution in [3.8, 4) is 0 Å². The Kier molecular flexibility index (Phi) is 2.42. The number of carboxylic acid groups (broad SMARTS) is 1. The van der Waals surface area contributed by atoms with Crippen LogP contribution in [0.5, 0.6) is 0 Å². The van der Waals surface area contributed by atoms with E-state index in [2.05, 4.69) is 0 Å². The molecule has 0 radical (unpaired) electrons. The fourth-order valence-electron chi connectivity index (χ4n) is 1.57. The zero-order chi connectivity index (χ0) is 9.35. The Bertz CT molecular complexity index is 186. The molecule has 3 heteroatoms. The standard InChI is InChI=1S/C9H16O3/c1-4-5-12-7-6(8(10)11)9(7,2)3/h6-7H,4-5H2,1-3H3,(H,10,11)/p-1. The predicted molar refractivity (Wildman–Crippen MR) is 42.3 cm³/mol. The molecule has 0 aliphatic heterocycles. The van der Waals surface area contributed by atoms with Gasteiger partial charge in [0, 0.05) is 23.9 Å². The average molecular weight is 171 g/mol. The summed E-state index contributed by atoms with van der Waals surface area (Å²) in [6.45, 7) is 6.43. The van der Waals surface area contributed by atoms with Crippen molar-refractivity contribution in [1.82, 2.24) is 0 Å². The molecule has 0 N–H and O–H groups in total. The Morgan fingerprint density at radius 1 is 1.58 bits per heavy atom. The predicted octanol–water partition coefficient (Wildman–Crippen LogP) is 0.187. The number of hydrogen-bond acceptors (Lipinski definition) is 3. The van der Waals surface area contributed by atoms with Crippen LogP contribution in [0.3, 0.4) is 0 Å². The highest BCUT2D eigenvalue weighted by Crippen LogP contribution is 2.53. The molecule has 3 nitrogen and oxygen atoms in total. The van der Waals surface area contributed by atoms with Crippen LogP contribution in [0.1, 0.15) is 27.2 Å². The van der Waals surface area contributed by atoms with Gasteiger partial charge in [0.05, 0.1) is 6.10 Å². The molecule has 1 aliphatic carbocycles. The Hall–Kier alpha value is -0.570. The van der Waals surface area contributed by atoms with Crippen LogP contribution in [0.15, 0.2) is 0 Å². The van der Waals surface area contributed by atoms with E-state index in [1.807, 2.05) is 20.8 Å². The summed E-state index contributed by atoms with van der Waals surface area (Å²) in [5.41, 5.74) is -0.228. The van der Waals surface area contributed by atoms with Gasteiger partial charge in [0.15, 0.2) is 0 Å². The zero-order valence-electron chi connectivity index (χ0n) is 7.79. The zero-order valence-corrected chi connectivity index (χ0v) is 7.79. The van der Waals surface area contributed by atoms with Gasteiger partial charge in [-0.1, -0.05) is 20.8 Å². The second-order valence-electron chi connectivity index (χ2n) is 3.91. The molecule has 0 amide bonds. The highest BCUT2D eigenvalue weighted by Gasteiger charge is 2.59. The van der Waals surface area contributed by atoms with E-state index >= 15 is 0 Å². The first-order valence-corrected chi connectivity index (χ1v) is 4.34. The molecule has 12 heavy (non-hydrogen) atoms. The maximum atomic E-state index is 10.6. The lowest BCUT2D eigenvalue weighted by Gasteiger charge is -2.02. The first-order chi connectivity index (χ1) is 5.51. The van der Waals surface area contributed by atoms with E-state index < -0.39 is 11.9 Å². The Morgan fingerprint density at radius 2 is 2.17 bits per heavy atom. The topological polar surface area (TPSA) is 49.4 Å². The Balaban J connectivity index is 2.43. The van der Waals surface area contributed by atoms with Gasteiger partial charge in [0.1, 0.15) is 0 Å². The summed E-state index contributed by atoms with van der Waals surface area (Å²) in [7, 11) is 0. The van der Waals surface area contributed by atoms with Crippen molar-refractivity contribution in [2.75, 3.05) is 6.61 Å². The lowest BCUT2D eigenvalue weighted by molar-refractivity contribution is -0.309. The molecule has 0 aromatic rings. The highest BCUT2D eigenvalue weighted by atomic mass is 16.5. The van der Waals surface area contributed by atoms with Gasteiger partial charge < -0.3 is 14.6 Å². The van der Waals surface area contributed by atoms with E-state index in [0.29, 0.717) is 6.61 Å². The third-order valence-electron chi connectivity index (χ3n) is 2.48. The molecule has 2 unspecified atom stereocenters. The van der Waals surface area contributed by atoms with Gasteiger partial charge in [-0.05, 0) is 6.42 Å². The lowest BCUT2D eigenvalue weighted by Crippen LogP contribution is -2.27. The lowest BCUT2D eigenvalue weighted by atomic mass is 10.1. The molecule has 0 saturated heterocycles. The largest absolute Gasteiger partial charge is 0.550 e. The third kappa shape index (κ3) is 1.46. The molecule has 0 spiro atoms. The SMILES string of the molecule is CCCOC1C(C(=O)[O-])C1(C)C. The van der Waals surface area contributed by atoms with Gasteiger partial charge in [-0.15, -0.1) is 0 Å². The number of rotatable bonds is 4. The van der Waals surface area contributed by atoms with E-state index in [9.17, 15) is 9.90 Å². The van der Waals surface area contributed by atoms with E-state index in [1.165, 1.54) is 0 Å². The van der Waals surface area contributed by atoms with E-state index in [4.69, 9.17) is 4.74 Å². The minimum absolute atomic E-state index is 0.137. The van der Waals surface area contributed by atoms with Crippen molar-refractivity contribution in [1.29, 1.82) is 0 Å². The summed E-state index contributed by atoms with van der Waals surface area (Å²) in [4.78, 5) is 10.6. The summed E-state index contributed by atoms with van der Waals surface area (Å²) >= 11 is 0. The first kappa shape index (κ1) is 9.52. The average Bonchev–Trinajstić information content (AvgIpc) is 2.49. The van der Waals surface area contributed by atoms with Gasteiger partial charge in [-0.3, -0.25) is 0 Å². The van der Waals surface area contributed by atoms with E-state index in [1.54, 1.807) is 0 Å². The third-order valence-corrected chi connectivity index (χ3v) is 2.48. The van der Waals surface area contributed by atoms with Crippen LogP contribution in [-0.4, -0.2) is 18.7 Å². The number of carboxylic acids is 1. The summed E-state index contributed by atoms with van der Waals surface area (Å²) in [6.07, 6.45) is 0.786. The Morgan fingerprint density at radius 3 is 2.50 bits per heavy atom. The molecule has 0 aromatic carbocycles. The normalized spacial score (nSPS) is 31.6. The van der Waals surface area contributed by atoms with Crippen LogP contribution >= 0.6 is 0 Å². The van der Waals surface area contributed by atoms with Crippen LogP contribution in [0, 0.1) is 11.3 Å². The molecule has 2 atom stereocenters. The summed E-state index contributed by atoms with van der Waals surface area (Å²) in [6, 6.07) is 0. The van der Waals surface area contributed by atoms with Gasteiger partial charge in [-0.25, -0.2) is 0 Å². The number of carbonyl (C=O) groups excluding carboxylic acids is 1. The maximum absolute atomic E-state index is 10.6. The molecular formula is C9H15O3-. The van der Waals surface area contributed by atoms with Crippen LogP contribution in [0.25, 0.3) is 0 Å². The van der Waals surface area contributed by atoms with Crippen LogP contribution in [0.4, 0.5) is 0 Å². The van der Waals surface area contributed by atoms with Crippen molar-refractivity contribution in [3.63, 3.8) is 0 Å². The van der Waals surface area contributed by atoms with Crippen molar-refractivity contribution in [2.45, 2.75) is 33.3 Å². The maximum Gasteiger partial charge on any atom is 0.0719 e. The molecule has 1 fully saturated rings. The van der Waals surface area contributed by atoms with Crippen molar-refractivity contribution < 1.29 is 14.6 Å². The first-order valence-electron chi connectivity index (χ1n) is 4.34. The van der Waals surface area contributed by atoms with E-state index in [-0.39, 0.29) is 11.5 Å². The molecular weight excluding hydrogens is 156 g/mol. The molecule has 1 saturated carbocycles. The molecule has 0 aromatic heterocycles. The monoisotopic (exact) mass is 171 g/mol. The van der Waals surface area contributed by atoms with Crippen molar-refractivity contribution >= 4 is 5.97 Å². The number of ether oxygens (including phenoxy) is 1. The number of aliphatic carboxylic acids is 1. The smallest absolute Gasteiger partial charge is 0.0719 e. The highest BCUT2D eigenvalue weighted by molar-refractivity contribution is 5.74. The fraction of sp³-hybridized carbons (Fsp3) is 0.889. The van der Waals surface area contributed by atoms with Gasteiger partial charge in [0.2, 0.25) is 0 Å². The quantitative estimate of drug-likeness (QED) is 0.606. The summed E-state index contributed by atoms with van der Waals surface area (Å²) in [5.74, 6) is -1.40. The summed E-state index contributed by atoms with van der Waals surface area (Å²) in [5, 5.41) is 10.6. The Labute approximate surface area is 72.7 Å². The van der Waals surface area contributed by atoms with Gasteiger partial charge in [0.25, 0.3) is 0 Å². The molecule has 70 valence electrons. The second-order valence-corrected chi connectivity index (χ2v) is 3.91. The van der Waals surface area contributed by atoms with Crippen molar-refractivity contribution in [2.24, 2.45) is 11.3 Å². The minimum atomic E-state index is -0.985. The van der Waals surface area contributed by atoms with Gasteiger partial charge in [-0.2, -0.15) is 0 Å². The molecule has 0 heterocycles. The summed E-state index contributed by atoms with van der Waals surface area (Å²) < 4.78 is 5.37. The molecule has 1 rings (SSSR count).